The van der Waals surface area contributed by atoms with Crippen molar-refractivity contribution in [3.63, 3.8) is 0 Å². The Hall–Kier alpha value is -2.33. The van der Waals surface area contributed by atoms with Crippen LogP contribution < -0.4 is 11.1 Å². The Morgan fingerprint density at radius 3 is 1.74 bits per heavy atom. The molecule has 2 fully saturated rings. The van der Waals surface area contributed by atoms with E-state index in [1.807, 2.05) is 0 Å². The number of nitrogens with zero attached hydrogens (tertiary/aromatic N) is 2. The molecule has 0 saturated heterocycles. The second-order valence-corrected chi connectivity index (χ2v) is 11.9. The average molecular weight is 593 g/mol. The number of nitrogens with one attached hydrogen (secondary N) is 1. The smallest absolute Gasteiger partial charge is 0.413 e. The topological polar surface area (TPSA) is 90.1 Å². The van der Waals surface area contributed by atoms with E-state index >= 15 is 0 Å². The molecule has 2 aromatic heterocycles. The predicted octanol–water partition coefficient (Wildman–Crippen LogP) is 8.98. The zero-order valence-electron chi connectivity index (χ0n) is 22.2. The maximum absolute atomic E-state index is 13.2. The van der Waals surface area contributed by atoms with E-state index in [0.29, 0.717) is 41.5 Å². The van der Waals surface area contributed by atoms with Gasteiger partial charge in [-0.15, -0.1) is 0 Å². The highest BCUT2D eigenvalue weighted by atomic mass is 35.5. The lowest BCUT2D eigenvalue weighted by Gasteiger charge is -2.28. The maximum atomic E-state index is 13.2. The molecular weight excluding hydrogens is 559 g/mol. The summed E-state index contributed by atoms with van der Waals surface area (Å²) in [5, 5.41) is 3.45. The average Bonchev–Trinajstić information content (AvgIpc) is 2.79. The molecule has 0 radical (unpaired) electrons. The van der Waals surface area contributed by atoms with Crippen molar-refractivity contribution in [1.82, 2.24) is 9.97 Å². The van der Waals surface area contributed by atoms with E-state index in [1.165, 1.54) is 6.07 Å². The van der Waals surface area contributed by atoms with Gasteiger partial charge in [-0.05, 0) is 81.5 Å². The van der Waals surface area contributed by atoms with Crippen LogP contribution in [0.15, 0.2) is 24.5 Å². The van der Waals surface area contributed by atoms with E-state index in [0.717, 1.165) is 11.1 Å². The van der Waals surface area contributed by atoms with Crippen LogP contribution in [-0.2, 0) is 4.74 Å². The van der Waals surface area contributed by atoms with E-state index < -0.39 is 23.5 Å². The van der Waals surface area contributed by atoms with Crippen LogP contribution in [0.4, 0.5) is 34.0 Å². The van der Waals surface area contributed by atoms with Gasteiger partial charge < -0.3 is 10.5 Å². The highest BCUT2D eigenvalue weighted by Crippen LogP contribution is 2.43. The van der Waals surface area contributed by atoms with Crippen LogP contribution in [0.1, 0.15) is 95.1 Å². The van der Waals surface area contributed by atoms with Gasteiger partial charge in [0, 0.05) is 48.1 Å². The molecular formula is C27H34Cl2F4N4O2. The number of ether oxygens (including phenoxy) is 1. The van der Waals surface area contributed by atoms with Crippen molar-refractivity contribution in [3.05, 3.63) is 45.7 Å². The van der Waals surface area contributed by atoms with Gasteiger partial charge in [0.1, 0.15) is 17.2 Å². The third kappa shape index (κ3) is 9.67. The first-order valence-electron chi connectivity index (χ1n) is 12.9. The Bertz CT molecular complexity index is 1140. The first-order chi connectivity index (χ1) is 18.0. The first-order valence-corrected chi connectivity index (χ1v) is 13.6. The second kappa shape index (κ2) is 12.5. The minimum atomic E-state index is -2.57. The summed E-state index contributed by atoms with van der Waals surface area (Å²) in [6, 6.07) is 3.09. The monoisotopic (exact) mass is 592 g/mol. The van der Waals surface area contributed by atoms with Gasteiger partial charge in [-0.1, -0.05) is 23.2 Å². The number of hydrogen-bond acceptors (Lipinski definition) is 5. The van der Waals surface area contributed by atoms with Crippen LogP contribution in [0.25, 0.3) is 0 Å². The molecule has 6 nitrogen and oxygen atoms in total. The van der Waals surface area contributed by atoms with Gasteiger partial charge in [-0.3, -0.25) is 5.32 Å². The minimum absolute atomic E-state index is 0.0230. The molecule has 0 aliphatic heterocycles. The third-order valence-electron chi connectivity index (χ3n) is 6.73. The number of rotatable bonds is 3. The number of nitrogens with two attached hydrogens (primary N) is 1. The summed E-state index contributed by atoms with van der Waals surface area (Å²) < 4.78 is 57.6. The molecule has 2 heterocycles. The number of amides is 1. The zero-order chi connectivity index (χ0) is 29.0. The first kappa shape index (κ1) is 31.2. The standard InChI is InChI=1S/C16H21ClF2N2O2.C11H13ClF2N2/c1-15(2,3)23-14(22)21-13-8-12(17)11(9-20-13)10-4-6-16(18,19)7-5-10;12-9-5-10(15)16-6-8(9)7-1-3-11(13,14)4-2-7/h8-10H,4-7H2,1-3H3,(H,20,21,22);5-7H,1-4H2,(H2,15,16). The fourth-order valence-electron chi connectivity index (χ4n) is 4.68. The van der Waals surface area contributed by atoms with Crippen molar-refractivity contribution < 1.29 is 27.1 Å². The van der Waals surface area contributed by atoms with Gasteiger partial charge in [-0.2, -0.15) is 0 Å². The van der Waals surface area contributed by atoms with Crippen LogP contribution in [0.5, 0.6) is 0 Å². The van der Waals surface area contributed by atoms with E-state index in [-0.39, 0.29) is 43.3 Å². The summed E-state index contributed by atoms with van der Waals surface area (Å²) in [5.41, 5.74) is 6.46. The lowest BCUT2D eigenvalue weighted by Crippen LogP contribution is -2.27. The van der Waals surface area contributed by atoms with E-state index in [1.54, 1.807) is 39.2 Å². The largest absolute Gasteiger partial charge is 0.444 e. The Morgan fingerprint density at radius 1 is 0.897 bits per heavy atom. The molecule has 216 valence electrons. The van der Waals surface area contributed by atoms with Crippen LogP contribution in [-0.4, -0.2) is 33.5 Å². The number of carbonyl (C=O) groups is 1. The van der Waals surface area contributed by atoms with Gasteiger partial charge in [0.15, 0.2) is 0 Å². The number of halogens is 6. The Morgan fingerprint density at radius 2 is 1.33 bits per heavy atom. The van der Waals surface area contributed by atoms with Gasteiger partial charge >= 0.3 is 6.09 Å². The SMILES string of the molecule is CC(C)(C)OC(=O)Nc1cc(Cl)c(C2CCC(F)(F)CC2)cn1.Nc1cc(Cl)c(C2CCC(F)(F)CC2)cn1. The van der Waals surface area contributed by atoms with Gasteiger partial charge in [0.25, 0.3) is 0 Å². The molecule has 0 spiro atoms. The van der Waals surface area contributed by atoms with Crippen LogP contribution >= 0.6 is 23.2 Å². The zero-order valence-corrected chi connectivity index (χ0v) is 23.7. The fourth-order valence-corrected chi connectivity index (χ4v) is 5.30. The summed E-state index contributed by atoms with van der Waals surface area (Å²) in [5.74, 6) is -4.40. The lowest BCUT2D eigenvalue weighted by molar-refractivity contribution is -0.0387. The van der Waals surface area contributed by atoms with E-state index in [2.05, 4.69) is 15.3 Å². The molecule has 0 atom stereocenters. The molecule has 2 aliphatic rings. The lowest BCUT2D eigenvalue weighted by atomic mass is 9.83. The number of nitrogen functional groups attached to an aromatic ring is 1. The molecule has 39 heavy (non-hydrogen) atoms. The van der Waals surface area contributed by atoms with Crippen molar-refractivity contribution in [1.29, 1.82) is 0 Å². The minimum Gasteiger partial charge on any atom is -0.444 e. The summed E-state index contributed by atoms with van der Waals surface area (Å²) >= 11 is 12.3. The van der Waals surface area contributed by atoms with Crippen molar-refractivity contribution in [2.24, 2.45) is 0 Å². The van der Waals surface area contributed by atoms with E-state index in [4.69, 9.17) is 33.7 Å². The van der Waals surface area contributed by atoms with Crippen molar-refractivity contribution in [2.75, 3.05) is 11.1 Å². The van der Waals surface area contributed by atoms with Crippen LogP contribution in [0, 0.1) is 0 Å². The molecule has 0 bridgehead atoms. The number of anilines is 2. The summed E-state index contributed by atoms with van der Waals surface area (Å²) in [7, 11) is 0. The van der Waals surface area contributed by atoms with Gasteiger partial charge in [0.05, 0.1) is 0 Å². The molecule has 0 aromatic carbocycles. The van der Waals surface area contributed by atoms with Crippen LogP contribution in [0.3, 0.4) is 0 Å². The molecule has 4 rings (SSSR count). The van der Waals surface area contributed by atoms with Crippen molar-refractivity contribution in [2.45, 2.75) is 101 Å². The number of alkyl halides is 4. The highest BCUT2D eigenvalue weighted by Gasteiger charge is 2.37. The van der Waals surface area contributed by atoms with Crippen molar-refractivity contribution in [3.8, 4) is 0 Å². The number of pyridine rings is 2. The summed E-state index contributed by atoms with van der Waals surface area (Å²) in [4.78, 5) is 19.8. The predicted molar refractivity (Wildman–Crippen MR) is 145 cm³/mol. The second-order valence-electron chi connectivity index (χ2n) is 11.1. The van der Waals surface area contributed by atoms with Crippen LogP contribution in [0.2, 0.25) is 10.0 Å². The Balaban J connectivity index is 0.000000230. The van der Waals surface area contributed by atoms with Gasteiger partial charge in [-0.25, -0.2) is 32.3 Å². The number of carbonyl (C=O) groups excluding carboxylic acids is 1. The quantitative estimate of drug-likeness (QED) is 0.347. The van der Waals surface area contributed by atoms with Crippen molar-refractivity contribution >= 4 is 40.9 Å². The third-order valence-corrected chi connectivity index (χ3v) is 7.38. The fraction of sp³-hybridized carbons (Fsp3) is 0.593. The summed E-state index contributed by atoms with van der Waals surface area (Å²) in [6.45, 7) is 5.28. The van der Waals surface area contributed by atoms with E-state index in [9.17, 15) is 22.4 Å². The molecule has 1 amide bonds. The Labute approximate surface area is 236 Å². The maximum Gasteiger partial charge on any atom is 0.413 e. The molecule has 0 unspecified atom stereocenters. The molecule has 2 aliphatic carbocycles. The number of hydrogen-bond donors (Lipinski definition) is 2. The molecule has 2 aromatic rings. The van der Waals surface area contributed by atoms with Gasteiger partial charge in [0.2, 0.25) is 11.8 Å². The molecule has 3 N–H and O–H groups in total. The number of aromatic nitrogens is 2. The summed E-state index contributed by atoms with van der Waals surface area (Å²) in [6.07, 6.45) is 3.80. The highest BCUT2D eigenvalue weighted by molar-refractivity contribution is 6.32. The molecule has 2 saturated carbocycles. The normalized spacial score (nSPS) is 19.5. The Kier molecular flexibility index (Phi) is 9.97. The molecule has 12 heteroatoms.